The zero-order chi connectivity index (χ0) is 22.2. The molecule has 0 saturated heterocycles. The number of hydrogen-bond acceptors (Lipinski definition) is 4. The van der Waals surface area contributed by atoms with Crippen LogP contribution in [0.1, 0.15) is 53.0 Å². The van der Waals surface area contributed by atoms with Gasteiger partial charge in [-0.05, 0) is 74.0 Å². The molecule has 0 saturated carbocycles. The van der Waals surface area contributed by atoms with Crippen LogP contribution in [0.4, 0.5) is 11.4 Å². The smallest absolute Gasteiger partial charge is 0.255 e. The van der Waals surface area contributed by atoms with E-state index in [1.54, 1.807) is 36.4 Å². The maximum Gasteiger partial charge on any atom is 0.255 e. The summed E-state index contributed by atoms with van der Waals surface area (Å²) < 4.78 is 0. The second-order valence-electron chi connectivity index (χ2n) is 7.59. The monoisotopic (exact) mass is 422 g/mol. The highest BCUT2D eigenvalue weighted by atomic mass is 16.2. The molecule has 0 bridgehead atoms. The van der Waals surface area contributed by atoms with Gasteiger partial charge in [-0.1, -0.05) is 13.8 Å². The van der Waals surface area contributed by atoms with E-state index in [2.05, 4.69) is 34.7 Å². The predicted octanol–water partition coefficient (Wildman–Crippen LogP) is 3.29. The van der Waals surface area contributed by atoms with Crippen molar-refractivity contribution >= 4 is 29.1 Å². The number of anilines is 2. The molecular formula is C24H30N4O3. The van der Waals surface area contributed by atoms with Gasteiger partial charge in [0.2, 0.25) is 5.91 Å². The summed E-state index contributed by atoms with van der Waals surface area (Å²) in [7, 11) is 0. The molecule has 2 aromatic carbocycles. The number of hydrogen-bond donors (Lipinski definition) is 3. The van der Waals surface area contributed by atoms with Crippen molar-refractivity contribution in [2.45, 2.75) is 33.1 Å². The van der Waals surface area contributed by atoms with E-state index in [9.17, 15) is 14.4 Å². The number of benzene rings is 2. The number of amides is 3. The molecule has 3 amide bonds. The van der Waals surface area contributed by atoms with Crippen molar-refractivity contribution in [3.05, 3.63) is 59.2 Å². The van der Waals surface area contributed by atoms with E-state index in [0.29, 0.717) is 29.8 Å². The van der Waals surface area contributed by atoms with Gasteiger partial charge in [0, 0.05) is 42.0 Å². The summed E-state index contributed by atoms with van der Waals surface area (Å²) in [6.45, 7) is 7.53. The first kappa shape index (κ1) is 22.5. The van der Waals surface area contributed by atoms with Crippen LogP contribution in [0.5, 0.6) is 0 Å². The molecule has 31 heavy (non-hydrogen) atoms. The van der Waals surface area contributed by atoms with Gasteiger partial charge in [-0.15, -0.1) is 0 Å². The zero-order valence-corrected chi connectivity index (χ0v) is 18.2. The fourth-order valence-electron chi connectivity index (χ4n) is 3.59. The number of rotatable bonds is 8. The fourth-order valence-corrected chi connectivity index (χ4v) is 3.59. The molecule has 0 atom stereocenters. The van der Waals surface area contributed by atoms with Crippen LogP contribution < -0.4 is 16.0 Å². The van der Waals surface area contributed by atoms with E-state index in [1.165, 1.54) is 0 Å². The molecule has 0 unspecified atom stereocenters. The lowest BCUT2D eigenvalue weighted by Gasteiger charge is -2.18. The van der Waals surface area contributed by atoms with Gasteiger partial charge >= 0.3 is 0 Å². The minimum absolute atomic E-state index is 0.00753. The molecule has 2 aromatic rings. The van der Waals surface area contributed by atoms with E-state index >= 15 is 0 Å². The third-order valence-electron chi connectivity index (χ3n) is 5.50. The first-order valence-corrected chi connectivity index (χ1v) is 10.8. The summed E-state index contributed by atoms with van der Waals surface area (Å²) in [6, 6.07) is 12.2. The Morgan fingerprint density at radius 2 is 1.68 bits per heavy atom. The molecule has 0 aromatic heterocycles. The van der Waals surface area contributed by atoms with Gasteiger partial charge in [0.15, 0.2) is 0 Å². The van der Waals surface area contributed by atoms with Gasteiger partial charge < -0.3 is 20.9 Å². The average Bonchev–Trinajstić information content (AvgIpc) is 2.97. The number of aryl methyl sites for hydroxylation is 1. The van der Waals surface area contributed by atoms with Crippen molar-refractivity contribution in [3.8, 4) is 0 Å². The molecule has 3 rings (SSSR count). The lowest BCUT2D eigenvalue weighted by atomic mass is 10.0. The first-order valence-electron chi connectivity index (χ1n) is 10.8. The number of nitrogens with one attached hydrogen (secondary N) is 3. The Bertz CT molecular complexity index is 936. The Hall–Kier alpha value is -3.19. The van der Waals surface area contributed by atoms with E-state index in [4.69, 9.17) is 0 Å². The van der Waals surface area contributed by atoms with E-state index in [1.807, 2.05) is 6.07 Å². The summed E-state index contributed by atoms with van der Waals surface area (Å²) in [5.74, 6) is -0.347. The Morgan fingerprint density at radius 1 is 0.968 bits per heavy atom. The molecule has 1 heterocycles. The number of fused-ring (bicyclic) bond motifs is 1. The highest BCUT2D eigenvalue weighted by Gasteiger charge is 2.15. The van der Waals surface area contributed by atoms with Gasteiger partial charge in [0.25, 0.3) is 11.8 Å². The minimum Gasteiger partial charge on any atom is -0.351 e. The van der Waals surface area contributed by atoms with Gasteiger partial charge in [-0.2, -0.15) is 0 Å². The van der Waals surface area contributed by atoms with Gasteiger partial charge in [-0.3, -0.25) is 14.4 Å². The SMILES string of the molecule is CCN(CC)CCNC(=O)c1ccc(NC(=O)c2ccc3c(c2)CCCC(=O)N3)cc1. The summed E-state index contributed by atoms with van der Waals surface area (Å²) in [5, 5.41) is 8.66. The van der Waals surface area contributed by atoms with Crippen LogP contribution in [0.15, 0.2) is 42.5 Å². The van der Waals surface area contributed by atoms with Crippen LogP contribution >= 0.6 is 0 Å². The van der Waals surface area contributed by atoms with Gasteiger partial charge in [0.1, 0.15) is 0 Å². The molecule has 3 N–H and O–H groups in total. The molecule has 0 radical (unpaired) electrons. The van der Waals surface area contributed by atoms with Crippen LogP contribution in [-0.2, 0) is 11.2 Å². The van der Waals surface area contributed by atoms with Crippen molar-refractivity contribution in [2.24, 2.45) is 0 Å². The standard InChI is InChI=1S/C24H30N4O3/c1-3-28(4-2)15-14-25-23(30)17-8-11-20(12-9-17)26-24(31)19-10-13-21-18(16-19)6-5-7-22(29)27-21/h8-13,16H,3-7,14-15H2,1-2H3,(H,25,30)(H,26,31)(H,27,29). The van der Waals surface area contributed by atoms with Crippen molar-refractivity contribution < 1.29 is 14.4 Å². The highest BCUT2D eigenvalue weighted by Crippen LogP contribution is 2.24. The number of nitrogens with zero attached hydrogens (tertiary/aromatic N) is 1. The first-order chi connectivity index (χ1) is 15.0. The Labute approximate surface area is 183 Å². The summed E-state index contributed by atoms with van der Waals surface area (Å²) in [6.07, 6.45) is 2.02. The van der Waals surface area contributed by atoms with Gasteiger partial charge in [0.05, 0.1) is 0 Å². The maximum absolute atomic E-state index is 12.6. The molecule has 7 nitrogen and oxygen atoms in total. The van der Waals surface area contributed by atoms with Crippen molar-refractivity contribution in [3.63, 3.8) is 0 Å². The molecular weight excluding hydrogens is 392 g/mol. The number of likely N-dealkylation sites (N-methyl/N-ethyl adjacent to an activating group) is 1. The molecule has 164 valence electrons. The Kier molecular flexibility index (Phi) is 7.78. The van der Waals surface area contributed by atoms with Crippen molar-refractivity contribution in [1.82, 2.24) is 10.2 Å². The summed E-state index contributed by atoms with van der Waals surface area (Å²) in [4.78, 5) is 38.9. The maximum atomic E-state index is 12.6. The van der Waals surface area contributed by atoms with Crippen molar-refractivity contribution in [1.29, 1.82) is 0 Å². The molecule has 0 aliphatic carbocycles. The number of carbonyl (C=O) groups is 3. The summed E-state index contributed by atoms with van der Waals surface area (Å²) in [5.41, 5.74) is 3.45. The van der Waals surface area contributed by atoms with Crippen molar-refractivity contribution in [2.75, 3.05) is 36.8 Å². The quantitative estimate of drug-likeness (QED) is 0.609. The summed E-state index contributed by atoms with van der Waals surface area (Å²) >= 11 is 0. The normalized spacial score (nSPS) is 13.2. The Balaban J connectivity index is 1.57. The second kappa shape index (κ2) is 10.7. The highest BCUT2D eigenvalue weighted by molar-refractivity contribution is 6.05. The topological polar surface area (TPSA) is 90.5 Å². The Morgan fingerprint density at radius 3 is 2.39 bits per heavy atom. The van der Waals surface area contributed by atoms with Gasteiger partial charge in [-0.25, -0.2) is 0 Å². The predicted molar refractivity (Wildman–Crippen MR) is 123 cm³/mol. The third-order valence-corrected chi connectivity index (χ3v) is 5.50. The fraction of sp³-hybridized carbons (Fsp3) is 0.375. The zero-order valence-electron chi connectivity index (χ0n) is 18.2. The lowest BCUT2D eigenvalue weighted by Crippen LogP contribution is -2.34. The third kappa shape index (κ3) is 6.15. The largest absolute Gasteiger partial charge is 0.351 e. The second-order valence-corrected chi connectivity index (χ2v) is 7.59. The molecule has 0 fully saturated rings. The molecule has 7 heteroatoms. The van der Waals surface area contributed by atoms with Crippen LogP contribution in [0.25, 0.3) is 0 Å². The van der Waals surface area contributed by atoms with E-state index in [0.717, 1.165) is 43.7 Å². The van der Waals surface area contributed by atoms with Crippen LogP contribution in [0.3, 0.4) is 0 Å². The van der Waals surface area contributed by atoms with Crippen LogP contribution in [0.2, 0.25) is 0 Å². The minimum atomic E-state index is -0.227. The van der Waals surface area contributed by atoms with E-state index < -0.39 is 0 Å². The molecule has 1 aliphatic rings. The molecule has 1 aliphatic heterocycles. The van der Waals surface area contributed by atoms with E-state index in [-0.39, 0.29) is 17.7 Å². The average molecular weight is 423 g/mol. The molecule has 0 spiro atoms. The lowest BCUT2D eigenvalue weighted by molar-refractivity contribution is -0.116. The number of carbonyl (C=O) groups excluding carboxylic acids is 3. The van der Waals surface area contributed by atoms with Crippen LogP contribution in [-0.4, -0.2) is 48.8 Å². The van der Waals surface area contributed by atoms with Crippen LogP contribution in [0, 0.1) is 0 Å².